The summed E-state index contributed by atoms with van der Waals surface area (Å²) in [4.78, 5) is 6.63. The molecule has 1 atom stereocenters. The summed E-state index contributed by atoms with van der Waals surface area (Å²) in [6.07, 6.45) is 2.76. The number of nitrogens with two attached hydrogens (primary N) is 1. The predicted octanol–water partition coefficient (Wildman–Crippen LogP) is 2.62. The highest BCUT2D eigenvalue weighted by Crippen LogP contribution is 2.16. The molecule has 0 aliphatic carbocycles. The Morgan fingerprint density at radius 2 is 1.81 bits per heavy atom. The number of hydrogen-bond acceptors (Lipinski definition) is 4. The molecule has 0 saturated heterocycles. The number of hydrogen-bond donors (Lipinski definition) is 1. The van der Waals surface area contributed by atoms with E-state index in [2.05, 4.69) is 28.1 Å². The van der Waals surface area contributed by atoms with Crippen LogP contribution < -0.4 is 15.4 Å². The largest absolute Gasteiger partial charge is 0.497 e. The molecule has 0 fully saturated rings. The lowest BCUT2D eigenvalue weighted by Gasteiger charge is -2.19. The third kappa shape index (κ3) is 4.46. The minimum Gasteiger partial charge on any atom is -0.497 e. The molecule has 0 bridgehead atoms. The van der Waals surface area contributed by atoms with Gasteiger partial charge in [0, 0.05) is 25.8 Å². The van der Waals surface area contributed by atoms with Crippen molar-refractivity contribution in [1.29, 1.82) is 0 Å². The molecule has 0 radical (unpaired) electrons. The Bertz CT molecular complexity index is 549. The Labute approximate surface area is 126 Å². The molecule has 4 heteroatoms. The number of anilines is 1. The van der Waals surface area contributed by atoms with Crippen molar-refractivity contribution < 1.29 is 4.74 Å². The van der Waals surface area contributed by atoms with Gasteiger partial charge in [0.05, 0.1) is 7.11 Å². The van der Waals surface area contributed by atoms with Crippen molar-refractivity contribution >= 4 is 5.82 Å². The van der Waals surface area contributed by atoms with Crippen molar-refractivity contribution in [2.45, 2.75) is 25.9 Å². The molecule has 0 spiro atoms. The van der Waals surface area contributed by atoms with Gasteiger partial charge in [0.25, 0.3) is 0 Å². The summed E-state index contributed by atoms with van der Waals surface area (Å²) in [7, 11) is 3.71. The predicted molar refractivity (Wildman–Crippen MR) is 86.7 cm³/mol. The van der Waals surface area contributed by atoms with Crippen molar-refractivity contribution in [3.05, 3.63) is 53.7 Å². The number of nitrogens with zero attached hydrogens (tertiary/aromatic N) is 2. The fourth-order valence-corrected chi connectivity index (χ4v) is 2.22. The fourth-order valence-electron chi connectivity index (χ4n) is 2.22. The molecule has 2 aromatic rings. The van der Waals surface area contributed by atoms with Crippen LogP contribution >= 0.6 is 0 Å². The number of aromatic nitrogens is 1. The Balaban J connectivity index is 2.00. The van der Waals surface area contributed by atoms with Crippen molar-refractivity contribution in [3.8, 4) is 5.75 Å². The first kappa shape index (κ1) is 15.3. The Morgan fingerprint density at radius 1 is 1.14 bits per heavy atom. The molecule has 2 N–H and O–H groups in total. The summed E-state index contributed by atoms with van der Waals surface area (Å²) < 4.78 is 5.17. The second kappa shape index (κ2) is 7.09. The summed E-state index contributed by atoms with van der Waals surface area (Å²) in [5, 5.41) is 0. The molecule has 1 aromatic heterocycles. The van der Waals surface area contributed by atoms with Gasteiger partial charge < -0.3 is 15.4 Å². The van der Waals surface area contributed by atoms with Gasteiger partial charge in [-0.3, -0.25) is 0 Å². The van der Waals surface area contributed by atoms with E-state index in [4.69, 9.17) is 10.5 Å². The third-order valence-corrected chi connectivity index (χ3v) is 3.34. The molecule has 1 aromatic carbocycles. The molecular weight excluding hydrogens is 262 g/mol. The van der Waals surface area contributed by atoms with E-state index >= 15 is 0 Å². The number of benzene rings is 1. The minimum absolute atomic E-state index is 0.162. The van der Waals surface area contributed by atoms with Crippen LogP contribution in [0.4, 0.5) is 5.82 Å². The van der Waals surface area contributed by atoms with Crippen LogP contribution in [0.15, 0.2) is 42.6 Å². The van der Waals surface area contributed by atoms with E-state index in [-0.39, 0.29) is 6.04 Å². The number of pyridine rings is 1. The lowest BCUT2D eigenvalue weighted by atomic mass is 10.1. The lowest BCUT2D eigenvalue weighted by molar-refractivity contribution is 0.414. The van der Waals surface area contributed by atoms with Crippen LogP contribution in [0.3, 0.4) is 0 Å². The van der Waals surface area contributed by atoms with Crippen LogP contribution in [0.2, 0.25) is 0 Å². The first-order chi connectivity index (χ1) is 10.1. The third-order valence-electron chi connectivity index (χ3n) is 3.34. The average Bonchev–Trinajstić information content (AvgIpc) is 2.48. The maximum Gasteiger partial charge on any atom is 0.128 e. The molecule has 4 nitrogen and oxygen atoms in total. The second-order valence-corrected chi connectivity index (χ2v) is 5.41. The molecule has 0 amide bonds. The van der Waals surface area contributed by atoms with Gasteiger partial charge >= 0.3 is 0 Å². The minimum atomic E-state index is 0.162. The molecule has 1 unspecified atom stereocenters. The van der Waals surface area contributed by atoms with E-state index < -0.39 is 0 Å². The van der Waals surface area contributed by atoms with Crippen LogP contribution in [0.25, 0.3) is 0 Å². The van der Waals surface area contributed by atoms with Crippen molar-refractivity contribution in [2.75, 3.05) is 19.1 Å². The normalized spacial score (nSPS) is 12.0. The summed E-state index contributed by atoms with van der Waals surface area (Å²) in [5.74, 6) is 1.83. The van der Waals surface area contributed by atoms with Crippen LogP contribution in [0.1, 0.15) is 18.1 Å². The van der Waals surface area contributed by atoms with E-state index in [9.17, 15) is 0 Å². The van der Waals surface area contributed by atoms with Gasteiger partial charge in [0.1, 0.15) is 11.6 Å². The first-order valence-electron chi connectivity index (χ1n) is 7.13. The summed E-state index contributed by atoms with van der Waals surface area (Å²) >= 11 is 0. The highest BCUT2D eigenvalue weighted by Gasteiger charge is 2.05. The van der Waals surface area contributed by atoms with Crippen LogP contribution in [0, 0.1) is 0 Å². The Hall–Kier alpha value is -2.07. The Kier molecular flexibility index (Phi) is 5.17. The van der Waals surface area contributed by atoms with Crippen molar-refractivity contribution in [1.82, 2.24) is 4.98 Å². The van der Waals surface area contributed by atoms with E-state index in [1.54, 1.807) is 7.11 Å². The van der Waals surface area contributed by atoms with Crippen LogP contribution in [-0.4, -0.2) is 25.2 Å². The van der Waals surface area contributed by atoms with Gasteiger partial charge in [-0.1, -0.05) is 18.2 Å². The number of methoxy groups -OCH3 is 1. The molecule has 2 rings (SSSR count). The topological polar surface area (TPSA) is 51.4 Å². The molecule has 1 heterocycles. The van der Waals surface area contributed by atoms with E-state index in [1.807, 2.05) is 38.4 Å². The van der Waals surface area contributed by atoms with Gasteiger partial charge in [0.15, 0.2) is 0 Å². The molecule has 112 valence electrons. The van der Waals surface area contributed by atoms with Gasteiger partial charge in [-0.15, -0.1) is 0 Å². The zero-order valence-electron chi connectivity index (χ0n) is 12.9. The van der Waals surface area contributed by atoms with Crippen LogP contribution in [0.5, 0.6) is 5.75 Å². The number of ether oxygens (including phenoxy) is 1. The zero-order valence-corrected chi connectivity index (χ0v) is 12.9. The smallest absolute Gasteiger partial charge is 0.128 e. The summed E-state index contributed by atoms with van der Waals surface area (Å²) in [6.45, 7) is 2.81. The van der Waals surface area contributed by atoms with E-state index in [0.717, 1.165) is 24.5 Å². The molecule has 0 aliphatic heterocycles. The summed E-state index contributed by atoms with van der Waals surface area (Å²) in [5.41, 5.74) is 8.19. The van der Waals surface area contributed by atoms with Gasteiger partial charge in [-0.25, -0.2) is 4.98 Å². The highest BCUT2D eigenvalue weighted by atomic mass is 16.5. The molecule has 0 aliphatic rings. The number of rotatable bonds is 6. The average molecular weight is 285 g/mol. The van der Waals surface area contributed by atoms with Crippen molar-refractivity contribution in [3.63, 3.8) is 0 Å². The zero-order chi connectivity index (χ0) is 15.2. The quantitative estimate of drug-likeness (QED) is 0.886. The molecule has 21 heavy (non-hydrogen) atoms. The first-order valence-corrected chi connectivity index (χ1v) is 7.13. The fraction of sp³-hybridized carbons (Fsp3) is 0.353. The van der Waals surface area contributed by atoms with Crippen LogP contribution in [-0.2, 0) is 13.0 Å². The Morgan fingerprint density at radius 3 is 2.33 bits per heavy atom. The van der Waals surface area contributed by atoms with Gasteiger partial charge in [-0.05, 0) is 42.7 Å². The molecule has 0 saturated carbocycles. The summed E-state index contributed by atoms with van der Waals surface area (Å²) in [6, 6.07) is 12.4. The van der Waals surface area contributed by atoms with Crippen molar-refractivity contribution in [2.24, 2.45) is 5.73 Å². The SMILES string of the molecule is COc1ccc(CN(C)c2ccc(CC(C)N)cn2)cc1. The standard InChI is InChI=1S/C17H23N3O/c1-13(18)10-15-6-9-17(19-11-15)20(2)12-14-4-7-16(21-3)8-5-14/h4-9,11,13H,10,12,18H2,1-3H3. The molecular formula is C17H23N3O. The van der Waals surface area contributed by atoms with Gasteiger partial charge in [0.2, 0.25) is 0 Å². The van der Waals surface area contributed by atoms with Gasteiger partial charge in [-0.2, -0.15) is 0 Å². The highest BCUT2D eigenvalue weighted by molar-refractivity contribution is 5.40. The monoisotopic (exact) mass is 285 g/mol. The maximum atomic E-state index is 5.80. The second-order valence-electron chi connectivity index (χ2n) is 5.41. The van der Waals surface area contributed by atoms with E-state index in [1.165, 1.54) is 11.1 Å². The maximum absolute atomic E-state index is 5.80. The lowest BCUT2D eigenvalue weighted by Crippen LogP contribution is -2.19. The van der Waals surface area contributed by atoms with E-state index in [0.29, 0.717) is 0 Å².